The van der Waals surface area contributed by atoms with Gasteiger partial charge >= 0.3 is 6.36 Å². The predicted molar refractivity (Wildman–Crippen MR) is 132 cm³/mol. The fourth-order valence-corrected chi connectivity index (χ4v) is 3.55. The normalized spacial score (nSPS) is 14.6. The van der Waals surface area contributed by atoms with Gasteiger partial charge in [-0.15, -0.1) is 18.3 Å². The molecule has 2 heterocycles. The third kappa shape index (κ3) is 7.73. The molecular weight excluding hydrogens is 495 g/mol. The van der Waals surface area contributed by atoms with E-state index in [1.54, 1.807) is 6.21 Å². The van der Waals surface area contributed by atoms with Crippen molar-refractivity contribution in [2.24, 2.45) is 5.10 Å². The summed E-state index contributed by atoms with van der Waals surface area (Å²) in [6.07, 6.45) is -1.60. The van der Waals surface area contributed by atoms with Gasteiger partial charge < -0.3 is 14.8 Å². The molecule has 190 valence electrons. The summed E-state index contributed by atoms with van der Waals surface area (Å²) in [5.74, 6) is 0.167. The molecule has 0 bridgehead atoms. The third-order valence-electron chi connectivity index (χ3n) is 5.19. The first-order valence-electron chi connectivity index (χ1n) is 11.1. The molecule has 1 fully saturated rings. The average Bonchev–Trinajstić information content (AvgIpc) is 3.35. The number of halogens is 3. The first-order chi connectivity index (χ1) is 17.4. The first-order valence-corrected chi connectivity index (χ1v) is 11.5. The number of rotatable bonds is 8. The van der Waals surface area contributed by atoms with Crippen LogP contribution in [0.25, 0.3) is 17.1 Å². The van der Waals surface area contributed by atoms with Crippen molar-refractivity contribution in [3.8, 4) is 22.8 Å². The summed E-state index contributed by atoms with van der Waals surface area (Å²) in [4.78, 5) is 6.59. The molecule has 0 atom stereocenters. The second kappa shape index (κ2) is 11.9. The van der Waals surface area contributed by atoms with Gasteiger partial charge in [0.05, 0.1) is 25.1 Å². The molecule has 1 aliphatic heterocycles. The molecule has 0 amide bonds. The summed E-state index contributed by atoms with van der Waals surface area (Å²) in [6.45, 7) is 5.00. The number of nitrogens with one attached hydrogen (secondary N) is 2. The summed E-state index contributed by atoms with van der Waals surface area (Å²) in [5, 5.41) is 12.1. The Bertz CT molecular complexity index is 1160. The molecule has 13 heteroatoms. The quantitative estimate of drug-likeness (QED) is 0.267. The zero-order valence-corrected chi connectivity index (χ0v) is 19.9. The lowest BCUT2D eigenvalue weighted by Crippen LogP contribution is -2.42. The van der Waals surface area contributed by atoms with E-state index in [1.165, 1.54) is 35.3 Å². The highest BCUT2D eigenvalue weighted by Gasteiger charge is 2.31. The van der Waals surface area contributed by atoms with E-state index >= 15 is 0 Å². The van der Waals surface area contributed by atoms with Crippen LogP contribution in [0.15, 0.2) is 60.0 Å². The Morgan fingerprint density at radius 1 is 1.11 bits per heavy atom. The zero-order chi connectivity index (χ0) is 25.4. The summed E-state index contributed by atoms with van der Waals surface area (Å²) in [7, 11) is 0. The molecule has 0 aliphatic carbocycles. The minimum atomic E-state index is -4.74. The van der Waals surface area contributed by atoms with E-state index in [0.29, 0.717) is 16.6 Å². The van der Waals surface area contributed by atoms with Crippen molar-refractivity contribution in [2.75, 3.05) is 39.4 Å². The number of morpholine rings is 1. The number of benzene rings is 2. The highest BCUT2D eigenvalue weighted by atomic mass is 32.1. The minimum Gasteiger partial charge on any atom is -0.406 e. The van der Waals surface area contributed by atoms with Crippen molar-refractivity contribution in [3.63, 3.8) is 0 Å². The number of hydrogen-bond donors (Lipinski definition) is 2. The fourth-order valence-electron chi connectivity index (χ4n) is 3.40. The molecule has 2 aromatic carbocycles. The van der Waals surface area contributed by atoms with Crippen molar-refractivity contribution in [3.05, 3.63) is 60.4 Å². The van der Waals surface area contributed by atoms with Crippen LogP contribution in [0.4, 0.5) is 13.2 Å². The number of hydrogen-bond acceptors (Lipinski definition) is 7. The molecule has 3 aromatic rings. The molecule has 0 radical (unpaired) electrons. The van der Waals surface area contributed by atoms with E-state index in [1.807, 2.05) is 24.3 Å². The van der Waals surface area contributed by atoms with E-state index < -0.39 is 6.36 Å². The minimum absolute atomic E-state index is 0.303. The molecule has 36 heavy (non-hydrogen) atoms. The van der Waals surface area contributed by atoms with Crippen LogP contribution >= 0.6 is 12.2 Å². The van der Waals surface area contributed by atoms with Crippen LogP contribution in [0.3, 0.4) is 0 Å². The highest BCUT2D eigenvalue weighted by Crippen LogP contribution is 2.24. The maximum atomic E-state index is 12.3. The van der Waals surface area contributed by atoms with Gasteiger partial charge in [0.15, 0.2) is 10.9 Å². The van der Waals surface area contributed by atoms with E-state index in [2.05, 4.69) is 35.6 Å². The van der Waals surface area contributed by atoms with Crippen LogP contribution in [0.5, 0.6) is 5.75 Å². The van der Waals surface area contributed by atoms with E-state index in [9.17, 15) is 13.2 Å². The van der Waals surface area contributed by atoms with E-state index in [4.69, 9.17) is 17.0 Å². The third-order valence-corrected chi connectivity index (χ3v) is 5.43. The second-order valence-electron chi connectivity index (χ2n) is 7.76. The lowest BCUT2D eigenvalue weighted by atomic mass is 10.1. The van der Waals surface area contributed by atoms with Crippen molar-refractivity contribution >= 4 is 23.5 Å². The average molecular weight is 520 g/mol. The van der Waals surface area contributed by atoms with Gasteiger partial charge in [-0.25, -0.2) is 9.67 Å². The van der Waals surface area contributed by atoms with Gasteiger partial charge in [0.2, 0.25) is 0 Å². The van der Waals surface area contributed by atoms with Crippen LogP contribution in [-0.4, -0.2) is 76.7 Å². The largest absolute Gasteiger partial charge is 0.573 e. The molecule has 0 spiro atoms. The Balaban J connectivity index is 1.26. The van der Waals surface area contributed by atoms with Gasteiger partial charge in [0.1, 0.15) is 12.1 Å². The SMILES string of the molecule is FC(F)(F)Oc1ccc(-n2cnc(-c3ccc(C=NNC(=S)NCCN4CCOCC4)cc3)n2)cc1. The number of alkyl halides is 3. The molecule has 2 N–H and O–H groups in total. The number of nitrogens with zero attached hydrogens (tertiary/aromatic N) is 5. The Morgan fingerprint density at radius 2 is 1.83 bits per heavy atom. The second-order valence-corrected chi connectivity index (χ2v) is 8.16. The number of hydrazone groups is 1. The highest BCUT2D eigenvalue weighted by molar-refractivity contribution is 7.80. The van der Waals surface area contributed by atoms with Crippen LogP contribution in [-0.2, 0) is 4.74 Å². The van der Waals surface area contributed by atoms with Crippen LogP contribution in [0.2, 0.25) is 0 Å². The van der Waals surface area contributed by atoms with Gasteiger partial charge in [-0.05, 0) is 42.0 Å². The van der Waals surface area contributed by atoms with Gasteiger partial charge in [-0.3, -0.25) is 10.3 Å². The number of ether oxygens (including phenoxy) is 2. The predicted octanol–water partition coefficient (Wildman–Crippen LogP) is 2.96. The van der Waals surface area contributed by atoms with Gasteiger partial charge in [-0.2, -0.15) is 5.10 Å². The van der Waals surface area contributed by atoms with E-state index in [0.717, 1.165) is 50.5 Å². The summed E-state index contributed by atoms with van der Waals surface area (Å²) in [5.41, 5.74) is 4.97. The molecule has 9 nitrogen and oxygen atoms in total. The van der Waals surface area contributed by atoms with Gasteiger partial charge in [0, 0.05) is 31.7 Å². The number of aromatic nitrogens is 3. The van der Waals surface area contributed by atoms with Crippen molar-refractivity contribution < 1.29 is 22.6 Å². The Hall–Kier alpha value is -3.55. The zero-order valence-electron chi connectivity index (χ0n) is 19.1. The molecule has 1 saturated heterocycles. The Labute approximate surface area is 210 Å². The van der Waals surface area contributed by atoms with Gasteiger partial charge in [0.25, 0.3) is 0 Å². The van der Waals surface area contributed by atoms with Crippen LogP contribution in [0, 0.1) is 0 Å². The summed E-state index contributed by atoms with van der Waals surface area (Å²) < 4.78 is 47.6. The monoisotopic (exact) mass is 519 g/mol. The van der Waals surface area contributed by atoms with Crippen molar-refractivity contribution in [1.29, 1.82) is 0 Å². The topological polar surface area (TPSA) is 88.8 Å². The lowest BCUT2D eigenvalue weighted by Gasteiger charge is -2.26. The molecule has 0 unspecified atom stereocenters. The smallest absolute Gasteiger partial charge is 0.406 e. The Morgan fingerprint density at radius 3 is 2.53 bits per heavy atom. The summed E-state index contributed by atoms with van der Waals surface area (Å²) >= 11 is 5.24. The molecule has 0 saturated carbocycles. The Kier molecular flexibility index (Phi) is 8.46. The van der Waals surface area contributed by atoms with E-state index in [-0.39, 0.29) is 5.75 Å². The molecular formula is C23H24F3N7O2S. The standard InChI is InChI=1S/C23H24F3N7O2S/c24-23(25,26)35-20-7-5-19(6-8-20)33-16-28-21(31-33)18-3-1-17(2-4-18)15-29-30-22(36)27-9-10-32-11-13-34-14-12-32/h1-8,15-16H,9-14H2,(H2,27,30,36). The fraction of sp³-hybridized carbons (Fsp3) is 0.304. The lowest BCUT2D eigenvalue weighted by molar-refractivity contribution is -0.274. The number of thiocarbonyl (C=S) groups is 1. The molecule has 1 aromatic heterocycles. The summed E-state index contributed by atoms with van der Waals surface area (Å²) in [6, 6.07) is 12.8. The van der Waals surface area contributed by atoms with Crippen LogP contribution in [0.1, 0.15) is 5.56 Å². The maximum absolute atomic E-state index is 12.3. The molecule has 4 rings (SSSR count). The van der Waals surface area contributed by atoms with Crippen molar-refractivity contribution in [2.45, 2.75) is 6.36 Å². The van der Waals surface area contributed by atoms with Crippen molar-refractivity contribution in [1.82, 2.24) is 30.4 Å². The first kappa shape index (κ1) is 25.5. The maximum Gasteiger partial charge on any atom is 0.573 e. The van der Waals surface area contributed by atoms with Crippen LogP contribution < -0.4 is 15.5 Å². The van der Waals surface area contributed by atoms with Gasteiger partial charge in [-0.1, -0.05) is 24.3 Å². The molecule has 1 aliphatic rings.